The van der Waals surface area contributed by atoms with Crippen LogP contribution in [0.15, 0.2) is 59.9 Å². The lowest BCUT2D eigenvalue weighted by atomic mass is 9.94. The zero-order valence-corrected chi connectivity index (χ0v) is 18.0. The van der Waals surface area contributed by atoms with Crippen molar-refractivity contribution in [3.05, 3.63) is 87.0 Å². The van der Waals surface area contributed by atoms with Crippen molar-refractivity contribution in [1.29, 1.82) is 0 Å². The van der Waals surface area contributed by atoms with Gasteiger partial charge in [-0.3, -0.25) is 9.36 Å². The highest BCUT2D eigenvalue weighted by Crippen LogP contribution is 2.27. The number of nitrogens with zero attached hydrogens (tertiary/aromatic N) is 3. The molecule has 0 fully saturated rings. The van der Waals surface area contributed by atoms with E-state index in [0.717, 1.165) is 4.68 Å². The van der Waals surface area contributed by atoms with E-state index >= 15 is 0 Å². The fraction of sp³-hybridized carbons (Fsp3) is 0.227. The van der Waals surface area contributed by atoms with Crippen molar-refractivity contribution in [3.8, 4) is 11.4 Å². The maximum Gasteiger partial charge on any atom is 0.346 e. The molecular weight excluding hydrogens is 444 g/mol. The zero-order valence-electron chi connectivity index (χ0n) is 16.5. The topological polar surface area (TPSA) is 77.1 Å². The summed E-state index contributed by atoms with van der Waals surface area (Å²) in [6.45, 7) is 3.10. The molecule has 9 heteroatoms. The number of hydrogen-bond acceptors (Lipinski definition) is 4. The summed E-state index contributed by atoms with van der Waals surface area (Å²) < 4.78 is 16.7. The van der Waals surface area contributed by atoms with Crippen molar-refractivity contribution in [2.24, 2.45) is 0 Å². The maximum absolute atomic E-state index is 14.3. The predicted octanol–water partition coefficient (Wildman–Crippen LogP) is 4.08. The lowest BCUT2D eigenvalue weighted by Gasteiger charge is -2.15. The van der Waals surface area contributed by atoms with E-state index in [2.05, 4.69) is 11.7 Å². The minimum atomic E-state index is -0.784. The summed E-state index contributed by atoms with van der Waals surface area (Å²) in [5.41, 5.74) is 0.325. The van der Waals surface area contributed by atoms with Crippen molar-refractivity contribution < 1.29 is 14.3 Å². The minimum absolute atomic E-state index is 0.0876. The summed E-state index contributed by atoms with van der Waals surface area (Å²) in [5.74, 6) is -1.47. The molecule has 0 saturated heterocycles. The Morgan fingerprint density at radius 2 is 1.94 bits per heavy atom. The zero-order chi connectivity index (χ0) is 22.5. The number of rotatable bonds is 9. The van der Waals surface area contributed by atoms with E-state index in [1.54, 1.807) is 36.4 Å². The van der Waals surface area contributed by atoms with Crippen LogP contribution in [-0.2, 0) is 17.9 Å². The average molecular weight is 464 g/mol. The molecule has 0 radical (unpaired) electrons. The van der Waals surface area contributed by atoms with Gasteiger partial charge in [-0.1, -0.05) is 41.4 Å². The fourth-order valence-electron chi connectivity index (χ4n) is 3.27. The third kappa shape index (κ3) is 5.12. The lowest BCUT2D eigenvalue weighted by Crippen LogP contribution is -2.28. The van der Waals surface area contributed by atoms with Crippen LogP contribution in [0.1, 0.15) is 17.9 Å². The van der Waals surface area contributed by atoms with Crippen molar-refractivity contribution in [1.82, 2.24) is 14.3 Å². The van der Waals surface area contributed by atoms with E-state index in [0.29, 0.717) is 16.4 Å². The van der Waals surface area contributed by atoms with Crippen molar-refractivity contribution in [2.75, 3.05) is 6.61 Å². The number of carbonyl (C=O) groups is 1. The van der Waals surface area contributed by atoms with Crippen LogP contribution in [0, 0.1) is 5.82 Å². The smallest absolute Gasteiger partial charge is 0.346 e. The van der Waals surface area contributed by atoms with E-state index in [1.807, 2.05) is 0 Å². The molecule has 1 aromatic heterocycles. The summed E-state index contributed by atoms with van der Waals surface area (Å²) in [5, 5.41) is 14.4. The Bertz CT molecular complexity index is 1160. The van der Waals surface area contributed by atoms with Crippen LogP contribution in [0.5, 0.6) is 0 Å². The van der Waals surface area contributed by atoms with Gasteiger partial charge in [-0.15, -0.1) is 11.7 Å². The van der Waals surface area contributed by atoms with Gasteiger partial charge >= 0.3 is 5.69 Å². The molecule has 31 heavy (non-hydrogen) atoms. The van der Waals surface area contributed by atoms with Crippen LogP contribution in [0.4, 0.5) is 4.39 Å². The Morgan fingerprint density at radius 3 is 2.58 bits per heavy atom. The number of Topliss-reactive ketones (excluding diaryl/α,β-unsaturated/α-hetero) is 1. The third-order valence-corrected chi connectivity index (χ3v) is 5.32. The van der Waals surface area contributed by atoms with Gasteiger partial charge in [0.15, 0.2) is 11.6 Å². The van der Waals surface area contributed by atoms with Crippen molar-refractivity contribution in [3.63, 3.8) is 0 Å². The number of hydrogen-bond donors (Lipinski definition) is 1. The second kappa shape index (κ2) is 10.0. The molecule has 162 valence electrons. The number of aliphatic hydroxyl groups excluding tert-OH is 1. The summed E-state index contributed by atoms with van der Waals surface area (Å²) >= 11 is 11.7. The third-order valence-electron chi connectivity index (χ3n) is 4.78. The Hall–Kier alpha value is -2.74. The van der Waals surface area contributed by atoms with Gasteiger partial charge in [-0.25, -0.2) is 13.9 Å². The molecule has 1 heterocycles. The highest BCUT2D eigenvalue weighted by atomic mass is 35.5. The predicted molar refractivity (Wildman–Crippen MR) is 118 cm³/mol. The van der Waals surface area contributed by atoms with E-state index in [-0.39, 0.29) is 35.9 Å². The molecule has 0 saturated carbocycles. The van der Waals surface area contributed by atoms with Crippen LogP contribution in [0.25, 0.3) is 11.4 Å². The number of halogens is 3. The molecular formula is C22H20Cl2FN3O3. The molecule has 0 aliphatic rings. The normalized spacial score (nSPS) is 12.0. The van der Waals surface area contributed by atoms with Crippen LogP contribution in [0.3, 0.4) is 0 Å². The molecule has 1 atom stereocenters. The first-order valence-electron chi connectivity index (χ1n) is 9.46. The van der Waals surface area contributed by atoms with Crippen molar-refractivity contribution in [2.45, 2.75) is 25.4 Å². The van der Waals surface area contributed by atoms with Gasteiger partial charge in [-0.05, 0) is 35.9 Å². The van der Waals surface area contributed by atoms with Crippen LogP contribution >= 0.6 is 23.2 Å². The minimum Gasteiger partial charge on any atom is -0.396 e. The van der Waals surface area contributed by atoms with Crippen LogP contribution in [0.2, 0.25) is 10.0 Å². The molecule has 3 aromatic rings. The largest absolute Gasteiger partial charge is 0.396 e. The van der Waals surface area contributed by atoms with Gasteiger partial charge in [0.2, 0.25) is 0 Å². The Kier molecular flexibility index (Phi) is 7.43. The van der Waals surface area contributed by atoms with Gasteiger partial charge in [-0.2, -0.15) is 0 Å². The second-order valence-electron chi connectivity index (χ2n) is 6.94. The van der Waals surface area contributed by atoms with Gasteiger partial charge in [0.25, 0.3) is 0 Å². The summed E-state index contributed by atoms with van der Waals surface area (Å²) in [7, 11) is 0. The van der Waals surface area contributed by atoms with Crippen LogP contribution in [-0.4, -0.2) is 31.8 Å². The number of allylic oxidation sites excluding steroid dienone is 1. The van der Waals surface area contributed by atoms with Gasteiger partial charge in [0, 0.05) is 29.5 Å². The molecule has 1 N–H and O–H groups in total. The lowest BCUT2D eigenvalue weighted by molar-refractivity contribution is -0.120. The molecule has 3 rings (SSSR count). The number of benzene rings is 2. The molecule has 0 amide bonds. The van der Waals surface area contributed by atoms with Gasteiger partial charge < -0.3 is 5.11 Å². The highest BCUT2D eigenvalue weighted by molar-refractivity contribution is 6.31. The summed E-state index contributed by atoms with van der Waals surface area (Å²) in [6.07, 6.45) is 1.38. The van der Waals surface area contributed by atoms with E-state index in [1.165, 1.54) is 16.7 Å². The van der Waals surface area contributed by atoms with Gasteiger partial charge in [0.05, 0.1) is 11.6 Å². The maximum atomic E-state index is 14.3. The van der Waals surface area contributed by atoms with E-state index in [4.69, 9.17) is 23.2 Å². The Labute approximate surface area is 188 Å². The second-order valence-corrected chi connectivity index (χ2v) is 7.78. The van der Waals surface area contributed by atoms with E-state index in [9.17, 15) is 19.1 Å². The first-order chi connectivity index (χ1) is 14.8. The monoisotopic (exact) mass is 463 g/mol. The molecule has 1 unspecified atom stereocenters. The number of carbonyl (C=O) groups excluding carboxylic acids is 1. The average Bonchev–Trinajstić information content (AvgIpc) is 3.05. The van der Waals surface area contributed by atoms with E-state index < -0.39 is 24.0 Å². The standard InChI is InChI=1S/C22H20Cl2FN3O3/c1-2-10-27-21(14-6-8-16(23)9-7-14)26-28(22(27)31)12-17(30)11-15(13-29)18-4-3-5-19(24)20(18)25/h2-9,15,29H,1,10-13H2. The number of aromatic nitrogens is 3. The molecule has 0 bridgehead atoms. The number of aliphatic hydroxyl groups is 1. The SMILES string of the molecule is C=CCn1c(-c2ccc(Cl)cc2)nn(CC(=O)CC(CO)c2cccc(Cl)c2F)c1=O. The Balaban J connectivity index is 1.86. The van der Waals surface area contributed by atoms with Crippen molar-refractivity contribution >= 4 is 29.0 Å². The van der Waals surface area contributed by atoms with Gasteiger partial charge in [0.1, 0.15) is 12.4 Å². The van der Waals surface area contributed by atoms with Crippen LogP contribution < -0.4 is 5.69 Å². The first kappa shape index (κ1) is 22.9. The fourth-order valence-corrected chi connectivity index (χ4v) is 3.57. The molecule has 0 aliphatic heterocycles. The summed E-state index contributed by atoms with van der Waals surface area (Å²) in [6, 6.07) is 11.2. The Morgan fingerprint density at radius 1 is 1.23 bits per heavy atom. The summed E-state index contributed by atoms with van der Waals surface area (Å²) in [4.78, 5) is 25.4. The molecule has 6 nitrogen and oxygen atoms in total. The molecule has 2 aromatic carbocycles. The molecule has 0 aliphatic carbocycles. The highest BCUT2D eigenvalue weighted by Gasteiger charge is 2.22. The number of ketones is 1. The molecule has 0 spiro atoms. The quantitative estimate of drug-likeness (QED) is 0.485. The first-order valence-corrected chi connectivity index (χ1v) is 10.2.